The fraction of sp³-hybridized carbons (Fsp3) is 0.235. The molecule has 2 aromatic rings. The Balaban J connectivity index is 1.73. The second-order valence-electron chi connectivity index (χ2n) is 6.64. The van der Waals surface area contributed by atoms with Gasteiger partial charge in [0, 0.05) is 12.4 Å². The standard InChI is InChI=1S/C17H21N5O4S/c1-17(2,20-16(23)11-5-4-8-19-9-11)10-26-13-7-3-6-12-14(13)15(18)22-27(24,25)21-12/h3-9,21,24-25H,10H2,1-2H3,(H2,18,22)(H,20,23). The first-order chi connectivity index (χ1) is 12.7. The highest BCUT2D eigenvalue weighted by Crippen LogP contribution is 2.46. The van der Waals surface area contributed by atoms with Crippen LogP contribution in [0.3, 0.4) is 0 Å². The molecule has 10 heteroatoms. The lowest BCUT2D eigenvalue weighted by atomic mass is 10.1. The maximum absolute atomic E-state index is 12.3. The molecule has 0 radical (unpaired) electrons. The van der Waals surface area contributed by atoms with Crippen molar-refractivity contribution in [1.29, 1.82) is 0 Å². The zero-order valence-corrected chi connectivity index (χ0v) is 15.7. The van der Waals surface area contributed by atoms with Crippen molar-refractivity contribution in [3.05, 3.63) is 53.9 Å². The van der Waals surface area contributed by atoms with E-state index >= 15 is 0 Å². The summed E-state index contributed by atoms with van der Waals surface area (Å²) in [6, 6.07) is 8.39. The number of amidine groups is 1. The van der Waals surface area contributed by atoms with Crippen LogP contribution in [0.25, 0.3) is 0 Å². The summed E-state index contributed by atoms with van der Waals surface area (Å²) in [4.78, 5) is 16.3. The summed E-state index contributed by atoms with van der Waals surface area (Å²) in [6.45, 7) is 3.80. The molecular weight excluding hydrogens is 370 g/mol. The molecule has 2 heterocycles. The monoisotopic (exact) mass is 391 g/mol. The first kappa shape index (κ1) is 19.0. The summed E-state index contributed by atoms with van der Waals surface area (Å²) in [5, 5.41) is 2.89. The third-order valence-electron chi connectivity index (χ3n) is 3.72. The Labute approximate surface area is 158 Å². The predicted molar refractivity (Wildman–Crippen MR) is 105 cm³/mol. The zero-order chi connectivity index (χ0) is 19.7. The highest BCUT2D eigenvalue weighted by molar-refractivity contribution is 8.24. The molecule has 0 fully saturated rings. The molecule has 9 nitrogen and oxygen atoms in total. The van der Waals surface area contributed by atoms with Crippen molar-refractivity contribution in [3.63, 3.8) is 0 Å². The number of fused-ring (bicyclic) bond motifs is 1. The third-order valence-corrected chi connectivity index (χ3v) is 4.66. The van der Waals surface area contributed by atoms with E-state index < -0.39 is 16.5 Å². The second kappa shape index (κ2) is 7.06. The van der Waals surface area contributed by atoms with Gasteiger partial charge in [0.15, 0.2) is 5.84 Å². The Morgan fingerprint density at radius 2 is 2.11 bits per heavy atom. The number of amides is 1. The van der Waals surface area contributed by atoms with Crippen LogP contribution < -0.4 is 20.5 Å². The minimum atomic E-state index is -3.36. The van der Waals surface area contributed by atoms with Gasteiger partial charge in [0.05, 0.1) is 22.4 Å². The van der Waals surface area contributed by atoms with E-state index in [1.165, 1.54) is 6.20 Å². The number of anilines is 1. The van der Waals surface area contributed by atoms with Crippen molar-refractivity contribution in [2.24, 2.45) is 10.1 Å². The average Bonchev–Trinajstić information content (AvgIpc) is 2.59. The number of hydrogen-bond donors (Lipinski definition) is 5. The lowest BCUT2D eigenvalue weighted by molar-refractivity contribution is 0.0880. The van der Waals surface area contributed by atoms with Crippen LogP contribution in [0.15, 0.2) is 47.1 Å². The van der Waals surface area contributed by atoms with Gasteiger partial charge in [-0.1, -0.05) is 6.07 Å². The van der Waals surface area contributed by atoms with E-state index in [2.05, 4.69) is 19.4 Å². The summed E-state index contributed by atoms with van der Waals surface area (Å²) < 4.78 is 31.5. The quantitative estimate of drug-likeness (QED) is 0.527. The normalized spacial score (nSPS) is 16.4. The predicted octanol–water partition coefficient (Wildman–Crippen LogP) is 2.38. The van der Waals surface area contributed by atoms with Gasteiger partial charge in [-0.25, -0.2) is 0 Å². The molecule has 1 aliphatic heterocycles. The zero-order valence-electron chi connectivity index (χ0n) is 14.8. The van der Waals surface area contributed by atoms with Gasteiger partial charge >= 0.3 is 0 Å². The van der Waals surface area contributed by atoms with Crippen molar-refractivity contribution < 1.29 is 18.6 Å². The Morgan fingerprint density at radius 3 is 2.81 bits per heavy atom. The van der Waals surface area contributed by atoms with Crippen LogP contribution in [0.4, 0.5) is 5.69 Å². The van der Waals surface area contributed by atoms with Gasteiger partial charge in [-0.15, -0.1) is 4.40 Å². The maximum atomic E-state index is 12.3. The molecule has 0 saturated heterocycles. The summed E-state index contributed by atoms with van der Waals surface area (Å²) in [7, 11) is -3.36. The van der Waals surface area contributed by atoms with E-state index in [0.717, 1.165) is 0 Å². The van der Waals surface area contributed by atoms with Crippen molar-refractivity contribution >= 4 is 28.4 Å². The molecule has 144 valence electrons. The lowest BCUT2D eigenvalue weighted by Crippen LogP contribution is -2.48. The number of ether oxygens (including phenoxy) is 1. The molecule has 6 N–H and O–H groups in total. The minimum absolute atomic E-state index is 0.0310. The Kier molecular flexibility index (Phi) is 4.96. The van der Waals surface area contributed by atoms with Crippen molar-refractivity contribution in [1.82, 2.24) is 10.3 Å². The van der Waals surface area contributed by atoms with Crippen LogP contribution in [-0.2, 0) is 0 Å². The summed E-state index contributed by atoms with van der Waals surface area (Å²) in [5.41, 5.74) is 6.49. The summed E-state index contributed by atoms with van der Waals surface area (Å²) >= 11 is 0. The van der Waals surface area contributed by atoms with E-state index in [1.54, 1.807) is 36.5 Å². The molecule has 1 aromatic heterocycles. The summed E-state index contributed by atoms with van der Waals surface area (Å²) in [5.74, 6) is 0.125. The highest BCUT2D eigenvalue weighted by Gasteiger charge is 2.27. The van der Waals surface area contributed by atoms with Gasteiger partial charge in [-0.3, -0.25) is 23.6 Å². The number of pyridine rings is 1. The molecule has 0 aliphatic carbocycles. The fourth-order valence-electron chi connectivity index (χ4n) is 2.52. The van der Waals surface area contributed by atoms with Crippen molar-refractivity contribution in [2.45, 2.75) is 19.4 Å². The lowest BCUT2D eigenvalue weighted by Gasteiger charge is -2.34. The van der Waals surface area contributed by atoms with Crippen molar-refractivity contribution in [2.75, 3.05) is 11.3 Å². The number of benzene rings is 1. The number of carbonyl (C=O) groups excluding carboxylic acids is 1. The van der Waals surface area contributed by atoms with E-state index in [9.17, 15) is 13.9 Å². The minimum Gasteiger partial charge on any atom is -0.490 e. The molecule has 1 aliphatic rings. The van der Waals surface area contributed by atoms with Crippen LogP contribution in [0.2, 0.25) is 0 Å². The van der Waals surface area contributed by atoms with E-state index in [0.29, 0.717) is 22.6 Å². The number of hydrogen-bond acceptors (Lipinski definition) is 8. The molecule has 0 bridgehead atoms. The SMILES string of the molecule is CC(C)(COc1cccc2c1C(N)=NS(O)(O)N2)NC(=O)c1cccnc1. The van der Waals surface area contributed by atoms with Crippen LogP contribution in [0, 0.1) is 0 Å². The number of nitrogens with zero attached hydrogens (tertiary/aromatic N) is 2. The summed E-state index contributed by atoms with van der Waals surface area (Å²) in [6.07, 6.45) is 3.08. The molecule has 1 aromatic carbocycles. The van der Waals surface area contributed by atoms with Crippen LogP contribution >= 0.6 is 11.0 Å². The first-order valence-corrected chi connectivity index (χ1v) is 9.57. The van der Waals surface area contributed by atoms with Gasteiger partial charge in [-0.05, 0) is 49.1 Å². The number of nitrogens with two attached hydrogens (primary N) is 1. The second-order valence-corrected chi connectivity index (χ2v) is 8.07. The van der Waals surface area contributed by atoms with Crippen LogP contribution in [0.5, 0.6) is 5.75 Å². The Hall–Kier alpha value is -2.82. The van der Waals surface area contributed by atoms with Gasteiger partial charge in [0.25, 0.3) is 5.91 Å². The van der Waals surface area contributed by atoms with Gasteiger partial charge < -0.3 is 15.8 Å². The smallest absolute Gasteiger partial charge is 0.253 e. The van der Waals surface area contributed by atoms with Crippen LogP contribution in [0.1, 0.15) is 29.8 Å². The number of nitrogens with one attached hydrogen (secondary N) is 2. The van der Waals surface area contributed by atoms with Crippen molar-refractivity contribution in [3.8, 4) is 5.75 Å². The first-order valence-electron chi connectivity index (χ1n) is 8.07. The Morgan fingerprint density at radius 1 is 1.33 bits per heavy atom. The van der Waals surface area contributed by atoms with Gasteiger partial charge in [0.2, 0.25) is 0 Å². The molecule has 0 atom stereocenters. The molecule has 27 heavy (non-hydrogen) atoms. The average molecular weight is 391 g/mol. The number of aromatic nitrogens is 1. The number of carbonyl (C=O) groups is 1. The van der Waals surface area contributed by atoms with Gasteiger partial charge in [0.1, 0.15) is 12.4 Å². The molecule has 0 unspecified atom stereocenters. The molecule has 0 saturated carbocycles. The Bertz CT molecular complexity index is 886. The number of rotatable bonds is 5. The largest absolute Gasteiger partial charge is 0.490 e. The van der Waals surface area contributed by atoms with Crippen LogP contribution in [-0.4, -0.2) is 38.0 Å². The topological polar surface area (TPSA) is 142 Å². The van der Waals surface area contributed by atoms with Gasteiger partial charge in [-0.2, -0.15) is 0 Å². The van der Waals surface area contributed by atoms with E-state index in [4.69, 9.17) is 10.5 Å². The molecular formula is C17H21N5O4S. The molecule has 0 spiro atoms. The fourth-order valence-corrected chi connectivity index (χ4v) is 3.40. The maximum Gasteiger partial charge on any atom is 0.253 e. The molecule has 1 amide bonds. The van der Waals surface area contributed by atoms with E-state index in [-0.39, 0.29) is 18.3 Å². The van der Waals surface area contributed by atoms with E-state index in [1.807, 2.05) is 13.8 Å². The third kappa shape index (κ3) is 4.48. The molecule has 3 rings (SSSR count). The highest BCUT2D eigenvalue weighted by atomic mass is 32.3.